The molecule has 1 aromatic heterocycles. The van der Waals surface area contributed by atoms with Crippen LogP contribution in [0.2, 0.25) is 0 Å². The van der Waals surface area contributed by atoms with Gasteiger partial charge in [-0.05, 0) is 6.92 Å². The van der Waals surface area contributed by atoms with Crippen molar-refractivity contribution in [3.05, 3.63) is 17.6 Å². The zero-order valence-electron chi connectivity index (χ0n) is 10.5. The van der Waals surface area contributed by atoms with E-state index in [1.165, 1.54) is 0 Å². The van der Waals surface area contributed by atoms with Crippen molar-refractivity contribution in [3.8, 4) is 0 Å². The van der Waals surface area contributed by atoms with E-state index in [0.717, 1.165) is 30.4 Å². The van der Waals surface area contributed by atoms with Gasteiger partial charge in [0.25, 0.3) is 0 Å². The molecule has 0 radical (unpaired) electrons. The summed E-state index contributed by atoms with van der Waals surface area (Å²) in [7, 11) is 0. The molecule has 1 aliphatic heterocycles. The van der Waals surface area contributed by atoms with E-state index in [1.807, 2.05) is 13.0 Å². The van der Waals surface area contributed by atoms with Crippen molar-refractivity contribution < 1.29 is 0 Å². The number of nitrogens with zero attached hydrogens (tertiary/aromatic N) is 2. The first-order chi connectivity index (χ1) is 7.45. The van der Waals surface area contributed by atoms with Crippen molar-refractivity contribution in [2.75, 3.05) is 18.4 Å². The van der Waals surface area contributed by atoms with Gasteiger partial charge < -0.3 is 10.6 Å². The lowest BCUT2D eigenvalue weighted by molar-refractivity contribution is 0.469. The number of hydrogen-bond donors (Lipinski definition) is 2. The molecule has 0 bridgehead atoms. The summed E-state index contributed by atoms with van der Waals surface area (Å²) in [5.74, 6) is 1.85. The number of aryl methyl sites for hydroxylation is 1. The molecule has 0 saturated carbocycles. The molecule has 4 heteroatoms. The Bertz CT molecular complexity index is 377. The molecule has 1 aliphatic rings. The van der Waals surface area contributed by atoms with E-state index in [-0.39, 0.29) is 5.41 Å². The quantitative estimate of drug-likeness (QED) is 0.792. The minimum atomic E-state index is 0.000311. The Morgan fingerprint density at radius 2 is 2.00 bits per heavy atom. The number of aromatic nitrogens is 2. The Kier molecular flexibility index (Phi) is 2.84. The minimum Gasteiger partial charge on any atom is -0.365 e. The molecular formula is C12H20N4. The van der Waals surface area contributed by atoms with Crippen LogP contribution in [-0.2, 0) is 5.41 Å². The van der Waals surface area contributed by atoms with Crippen LogP contribution in [0.4, 0.5) is 5.82 Å². The van der Waals surface area contributed by atoms with Gasteiger partial charge in [0.1, 0.15) is 11.6 Å². The highest BCUT2D eigenvalue weighted by Crippen LogP contribution is 2.20. The maximum Gasteiger partial charge on any atom is 0.136 e. The van der Waals surface area contributed by atoms with Crippen molar-refractivity contribution in [2.45, 2.75) is 39.2 Å². The molecule has 0 aliphatic carbocycles. The molecule has 0 amide bonds. The summed E-state index contributed by atoms with van der Waals surface area (Å²) >= 11 is 0. The highest BCUT2D eigenvalue weighted by molar-refractivity contribution is 5.38. The molecule has 1 saturated heterocycles. The number of anilines is 1. The summed E-state index contributed by atoms with van der Waals surface area (Å²) in [6.07, 6.45) is 0. The Balaban J connectivity index is 2.21. The van der Waals surface area contributed by atoms with Crippen LogP contribution in [0.25, 0.3) is 0 Å². The molecule has 0 spiro atoms. The van der Waals surface area contributed by atoms with Crippen LogP contribution in [0.5, 0.6) is 0 Å². The Morgan fingerprint density at radius 1 is 1.31 bits per heavy atom. The van der Waals surface area contributed by atoms with Crippen molar-refractivity contribution in [1.29, 1.82) is 0 Å². The maximum atomic E-state index is 4.58. The molecule has 16 heavy (non-hydrogen) atoms. The first-order valence-electron chi connectivity index (χ1n) is 5.78. The van der Waals surface area contributed by atoms with Gasteiger partial charge in [-0.15, -0.1) is 0 Å². The second-order valence-electron chi connectivity index (χ2n) is 5.47. The van der Waals surface area contributed by atoms with Crippen LogP contribution in [0, 0.1) is 6.92 Å². The van der Waals surface area contributed by atoms with Gasteiger partial charge in [0.2, 0.25) is 0 Å². The fourth-order valence-electron chi connectivity index (χ4n) is 1.58. The van der Waals surface area contributed by atoms with E-state index < -0.39 is 0 Å². The molecule has 4 nitrogen and oxygen atoms in total. The summed E-state index contributed by atoms with van der Waals surface area (Å²) < 4.78 is 0. The van der Waals surface area contributed by atoms with Crippen molar-refractivity contribution >= 4 is 5.82 Å². The third-order valence-corrected chi connectivity index (χ3v) is 2.66. The summed E-state index contributed by atoms with van der Waals surface area (Å²) in [6.45, 7) is 10.5. The van der Waals surface area contributed by atoms with Gasteiger partial charge in [0.05, 0.1) is 6.04 Å². The molecule has 0 atom stereocenters. The third-order valence-electron chi connectivity index (χ3n) is 2.66. The van der Waals surface area contributed by atoms with Gasteiger partial charge in [-0.3, -0.25) is 0 Å². The fourth-order valence-corrected chi connectivity index (χ4v) is 1.58. The van der Waals surface area contributed by atoms with Crippen LogP contribution in [-0.4, -0.2) is 29.1 Å². The number of rotatable bonds is 2. The van der Waals surface area contributed by atoms with Crippen LogP contribution in [0.1, 0.15) is 32.3 Å². The highest BCUT2D eigenvalue weighted by Gasteiger charge is 2.20. The van der Waals surface area contributed by atoms with Gasteiger partial charge in [-0.25, -0.2) is 9.97 Å². The lowest BCUT2D eigenvalue weighted by Gasteiger charge is -2.29. The average Bonchev–Trinajstić information content (AvgIpc) is 2.09. The second kappa shape index (κ2) is 4.01. The monoisotopic (exact) mass is 220 g/mol. The largest absolute Gasteiger partial charge is 0.365 e. The van der Waals surface area contributed by atoms with Crippen LogP contribution in [0.15, 0.2) is 6.07 Å². The normalized spacial score (nSPS) is 17.0. The lowest BCUT2D eigenvalue weighted by atomic mass is 9.95. The van der Waals surface area contributed by atoms with Crippen molar-refractivity contribution in [3.63, 3.8) is 0 Å². The number of hydrogen-bond acceptors (Lipinski definition) is 4. The molecule has 0 aromatic carbocycles. The van der Waals surface area contributed by atoms with Gasteiger partial charge in [-0.2, -0.15) is 0 Å². The SMILES string of the molecule is Cc1cc(NC2CNC2)nc(C(C)(C)C)n1. The van der Waals surface area contributed by atoms with E-state index in [9.17, 15) is 0 Å². The highest BCUT2D eigenvalue weighted by atomic mass is 15.1. The van der Waals surface area contributed by atoms with E-state index in [0.29, 0.717) is 6.04 Å². The first-order valence-corrected chi connectivity index (χ1v) is 5.78. The third kappa shape index (κ3) is 2.50. The predicted octanol–water partition coefficient (Wildman–Crippen LogP) is 1.47. The minimum absolute atomic E-state index is 0.000311. The topological polar surface area (TPSA) is 49.8 Å². The summed E-state index contributed by atoms with van der Waals surface area (Å²) in [5.41, 5.74) is 1.02. The van der Waals surface area contributed by atoms with E-state index in [1.54, 1.807) is 0 Å². The first kappa shape index (κ1) is 11.3. The standard InChI is InChI=1S/C12H20N4/c1-8-5-10(15-9-6-13-7-9)16-11(14-8)12(2,3)4/h5,9,13H,6-7H2,1-4H3,(H,14,15,16). The fraction of sp³-hybridized carbons (Fsp3) is 0.667. The zero-order valence-corrected chi connectivity index (χ0v) is 10.5. The Hall–Kier alpha value is -1.16. The van der Waals surface area contributed by atoms with Crippen LogP contribution in [0.3, 0.4) is 0 Å². The Morgan fingerprint density at radius 3 is 2.50 bits per heavy atom. The summed E-state index contributed by atoms with van der Waals surface area (Å²) in [5, 5.41) is 6.65. The van der Waals surface area contributed by atoms with Crippen LogP contribution >= 0.6 is 0 Å². The molecule has 88 valence electrons. The smallest absolute Gasteiger partial charge is 0.136 e. The number of nitrogens with one attached hydrogen (secondary N) is 2. The van der Waals surface area contributed by atoms with Crippen molar-refractivity contribution in [1.82, 2.24) is 15.3 Å². The Labute approximate surface area is 96.9 Å². The molecule has 2 N–H and O–H groups in total. The van der Waals surface area contributed by atoms with E-state index in [2.05, 4.69) is 41.4 Å². The maximum absolute atomic E-state index is 4.58. The van der Waals surface area contributed by atoms with Crippen molar-refractivity contribution in [2.24, 2.45) is 0 Å². The van der Waals surface area contributed by atoms with Gasteiger partial charge in [0, 0.05) is 30.3 Å². The average molecular weight is 220 g/mol. The molecule has 1 aromatic rings. The molecule has 2 rings (SSSR count). The lowest BCUT2D eigenvalue weighted by Crippen LogP contribution is -2.51. The summed E-state index contributed by atoms with van der Waals surface area (Å²) in [4.78, 5) is 9.07. The van der Waals surface area contributed by atoms with E-state index in [4.69, 9.17) is 0 Å². The van der Waals surface area contributed by atoms with E-state index >= 15 is 0 Å². The van der Waals surface area contributed by atoms with Gasteiger partial charge in [0.15, 0.2) is 0 Å². The predicted molar refractivity (Wildman–Crippen MR) is 65.7 cm³/mol. The summed E-state index contributed by atoms with van der Waals surface area (Å²) in [6, 6.07) is 2.52. The molecular weight excluding hydrogens is 200 g/mol. The van der Waals surface area contributed by atoms with Crippen LogP contribution < -0.4 is 10.6 Å². The second-order valence-corrected chi connectivity index (χ2v) is 5.47. The van der Waals surface area contributed by atoms with Gasteiger partial charge in [-0.1, -0.05) is 20.8 Å². The molecule has 2 heterocycles. The van der Waals surface area contributed by atoms with Gasteiger partial charge >= 0.3 is 0 Å². The molecule has 0 unspecified atom stereocenters. The molecule has 1 fully saturated rings. The zero-order chi connectivity index (χ0) is 11.8.